The van der Waals surface area contributed by atoms with Gasteiger partial charge >= 0.3 is 0 Å². The minimum Gasteiger partial charge on any atom is -0.391 e. The van der Waals surface area contributed by atoms with Gasteiger partial charge < -0.3 is 5.11 Å². The average Bonchev–Trinajstić information content (AvgIpc) is 2.86. The Morgan fingerprint density at radius 3 is 2.95 bits per heavy atom. The van der Waals surface area contributed by atoms with Gasteiger partial charge in [0.15, 0.2) is 11.0 Å². The molecule has 19 heavy (non-hydrogen) atoms. The first kappa shape index (κ1) is 10.5. The molecule has 0 aliphatic rings. The SMILES string of the molecule is OCc1cc2cnccc2[n+]2c1[nH]c1ccccc12. The van der Waals surface area contributed by atoms with Crippen LogP contribution < -0.4 is 4.40 Å². The third kappa shape index (κ3) is 1.37. The van der Waals surface area contributed by atoms with Crippen LogP contribution in [0.5, 0.6) is 0 Å². The van der Waals surface area contributed by atoms with E-state index in [4.69, 9.17) is 0 Å². The number of aromatic amines is 1. The van der Waals surface area contributed by atoms with Crippen LogP contribution in [0.2, 0.25) is 0 Å². The number of hydrogen-bond donors (Lipinski definition) is 2. The van der Waals surface area contributed by atoms with Gasteiger partial charge in [-0.2, -0.15) is 4.40 Å². The van der Waals surface area contributed by atoms with E-state index in [9.17, 15) is 5.11 Å². The molecule has 1 aromatic carbocycles. The number of aromatic nitrogens is 3. The normalized spacial score (nSPS) is 11.6. The Morgan fingerprint density at radius 2 is 2.05 bits per heavy atom. The van der Waals surface area contributed by atoms with Crippen LogP contribution in [0.25, 0.3) is 27.6 Å². The number of imidazole rings is 1. The van der Waals surface area contributed by atoms with Gasteiger partial charge in [0, 0.05) is 23.8 Å². The lowest BCUT2D eigenvalue weighted by Crippen LogP contribution is -2.22. The Balaban J connectivity index is 2.36. The van der Waals surface area contributed by atoms with E-state index >= 15 is 0 Å². The lowest BCUT2D eigenvalue weighted by molar-refractivity contribution is -0.450. The summed E-state index contributed by atoms with van der Waals surface area (Å²) >= 11 is 0. The molecule has 0 aliphatic heterocycles. The number of nitrogens with zero attached hydrogens (tertiary/aromatic N) is 2. The van der Waals surface area contributed by atoms with Crippen LogP contribution in [-0.4, -0.2) is 15.1 Å². The van der Waals surface area contributed by atoms with Gasteiger partial charge in [0.25, 0.3) is 5.65 Å². The van der Waals surface area contributed by atoms with Crippen molar-refractivity contribution in [2.75, 3.05) is 0 Å². The number of H-pyrrole nitrogens is 1. The molecule has 0 atom stereocenters. The maximum atomic E-state index is 9.57. The molecule has 0 unspecified atom stereocenters. The summed E-state index contributed by atoms with van der Waals surface area (Å²) < 4.78 is 2.14. The Labute approximate surface area is 109 Å². The van der Waals surface area contributed by atoms with Gasteiger partial charge in [-0.3, -0.25) is 4.98 Å². The fourth-order valence-electron chi connectivity index (χ4n) is 2.64. The summed E-state index contributed by atoms with van der Waals surface area (Å²) in [7, 11) is 0. The highest BCUT2D eigenvalue weighted by Crippen LogP contribution is 2.19. The van der Waals surface area contributed by atoms with Gasteiger partial charge in [-0.25, -0.2) is 4.98 Å². The van der Waals surface area contributed by atoms with Crippen molar-refractivity contribution in [1.82, 2.24) is 9.97 Å². The summed E-state index contributed by atoms with van der Waals surface area (Å²) in [5.41, 5.74) is 5.05. The van der Waals surface area contributed by atoms with Gasteiger partial charge in [-0.15, -0.1) is 0 Å². The maximum Gasteiger partial charge on any atom is 0.291 e. The monoisotopic (exact) mass is 250 g/mol. The molecule has 0 amide bonds. The largest absolute Gasteiger partial charge is 0.391 e. The topological polar surface area (TPSA) is 53.0 Å². The number of aliphatic hydroxyl groups excluding tert-OH is 1. The van der Waals surface area contributed by atoms with Crippen molar-refractivity contribution in [2.24, 2.45) is 0 Å². The van der Waals surface area contributed by atoms with Crippen LogP contribution in [-0.2, 0) is 6.61 Å². The van der Waals surface area contributed by atoms with E-state index in [0.717, 1.165) is 33.1 Å². The van der Waals surface area contributed by atoms with Crippen LogP contribution in [0.4, 0.5) is 0 Å². The van der Waals surface area contributed by atoms with Gasteiger partial charge in [0.1, 0.15) is 5.52 Å². The second kappa shape index (κ2) is 3.76. The number of benzene rings is 1. The zero-order valence-corrected chi connectivity index (χ0v) is 10.2. The van der Waals surface area contributed by atoms with Crippen molar-refractivity contribution >= 4 is 27.6 Å². The van der Waals surface area contributed by atoms with Gasteiger partial charge in [0.2, 0.25) is 0 Å². The number of fused-ring (bicyclic) bond motifs is 5. The number of pyridine rings is 2. The third-order valence-electron chi connectivity index (χ3n) is 3.49. The minimum atomic E-state index is 0.00115. The number of rotatable bonds is 1. The van der Waals surface area contributed by atoms with Crippen LogP contribution in [0, 0.1) is 0 Å². The summed E-state index contributed by atoms with van der Waals surface area (Å²) in [6, 6.07) is 12.1. The van der Waals surface area contributed by atoms with Gasteiger partial charge in [-0.1, -0.05) is 12.1 Å². The molecule has 4 nitrogen and oxygen atoms in total. The number of hydrogen-bond acceptors (Lipinski definition) is 2. The fourth-order valence-corrected chi connectivity index (χ4v) is 2.64. The maximum absolute atomic E-state index is 9.57. The Hall–Kier alpha value is -2.46. The first-order valence-corrected chi connectivity index (χ1v) is 6.17. The summed E-state index contributed by atoms with van der Waals surface area (Å²) in [6.45, 7) is 0.00115. The summed E-state index contributed by atoms with van der Waals surface area (Å²) in [6.07, 6.45) is 3.61. The highest BCUT2D eigenvalue weighted by atomic mass is 16.3. The quantitative estimate of drug-likeness (QED) is 0.507. The van der Waals surface area contributed by atoms with Crippen molar-refractivity contribution < 1.29 is 9.51 Å². The molecule has 3 aromatic heterocycles. The van der Waals surface area contributed by atoms with Gasteiger partial charge in [0.05, 0.1) is 12.2 Å². The van der Waals surface area contributed by atoms with Crippen LogP contribution in [0.1, 0.15) is 5.56 Å². The van der Waals surface area contributed by atoms with Gasteiger partial charge in [-0.05, 0) is 18.2 Å². The first-order chi connectivity index (χ1) is 9.38. The summed E-state index contributed by atoms with van der Waals surface area (Å²) in [5.74, 6) is 0. The van der Waals surface area contributed by atoms with Crippen LogP contribution >= 0.6 is 0 Å². The third-order valence-corrected chi connectivity index (χ3v) is 3.49. The van der Waals surface area contributed by atoms with Crippen molar-refractivity contribution in [1.29, 1.82) is 0 Å². The van der Waals surface area contributed by atoms with E-state index in [1.807, 2.05) is 36.5 Å². The number of para-hydroxylation sites is 2. The lowest BCUT2D eigenvalue weighted by Gasteiger charge is -2.00. The molecule has 2 N–H and O–H groups in total. The molecule has 4 aromatic rings. The Morgan fingerprint density at radius 1 is 1.16 bits per heavy atom. The second-order valence-corrected chi connectivity index (χ2v) is 4.59. The van der Waals surface area contributed by atoms with E-state index in [-0.39, 0.29) is 6.61 Å². The molecule has 4 heteroatoms. The minimum absolute atomic E-state index is 0.00115. The molecule has 3 heterocycles. The van der Waals surface area contributed by atoms with Crippen LogP contribution in [0.15, 0.2) is 48.8 Å². The molecule has 0 spiro atoms. The molecular weight excluding hydrogens is 238 g/mol. The van der Waals surface area contributed by atoms with E-state index in [2.05, 4.69) is 20.4 Å². The second-order valence-electron chi connectivity index (χ2n) is 4.59. The fraction of sp³-hybridized carbons (Fsp3) is 0.0667. The van der Waals surface area contributed by atoms with Crippen LogP contribution in [0.3, 0.4) is 0 Å². The molecule has 0 saturated heterocycles. The summed E-state index contributed by atoms with van der Waals surface area (Å²) in [5, 5.41) is 10.6. The van der Waals surface area contributed by atoms with Crippen molar-refractivity contribution in [3.05, 3.63) is 54.4 Å². The Kier molecular flexibility index (Phi) is 2.07. The summed E-state index contributed by atoms with van der Waals surface area (Å²) in [4.78, 5) is 7.53. The number of nitrogens with one attached hydrogen (secondary N) is 1. The molecule has 92 valence electrons. The molecule has 0 bridgehead atoms. The predicted molar refractivity (Wildman–Crippen MR) is 72.7 cm³/mol. The molecular formula is C15H12N3O+. The van der Waals surface area contributed by atoms with E-state index < -0.39 is 0 Å². The first-order valence-electron chi connectivity index (χ1n) is 6.17. The van der Waals surface area contributed by atoms with Crippen molar-refractivity contribution in [3.8, 4) is 0 Å². The zero-order chi connectivity index (χ0) is 12.8. The predicted octanol–water partition coefficient (Wildman–Crippen LogP) is 1.95. The van der Waals surface area contributed by atoms with Crippen molar-refractivity contribution in [3.63, 3.8) is 0 Å². The average molecular weight is 250 g/mol. The lowest BCUT2D eigenvalue weighted by atomic mass is 10.2. The molecule has 0 saturated carbocycles. The van der Waals surface area contributed by atoms with Crippen molar-refractivity contribution in [2.45, 2.75) is 6.61 Å². The number of aliphatic hydroxyl groups is 1. The highest BCUT2D eigenvalue weighted by molar-refractivity contribution is 5.82. The standard InChI is InChI=1S/C15H11N3O/c19-9-11-7-10-8-16-6-5-13(10)18-14-4-2-1-3-12(14)17-15(11)18/h1-8,19H,9H2/p+1. The molecule has 0 aliphatic carbocycles. The molecule has 0 radical (unpaired) electrons. The Bertz CT molecular complexity index is 911. The molecule has 4 rings (SSSR count). The van der Waals surface area contributed by atoms with E-state index in [1.54, 1.807) is 6.20 Å². The highest BCUT2D eigenvalue weighted by Gasteiger charge is 2.18. The smallest absolute Gasteiger partial charge is 0.291 e. The zero-order valence-electron chi connectivity index (χ0n) is 10.2. The molecule has 0 fully saturated rings. The van der Waals surface area contributed by atoms with E-state index in [0.29, 0.717) is 0 Å². The van der Waals surface area contributed by atoms with E-state index in [1.165, 1.54) is 0 Å².